The van der Waals surface area contributed by atoms with E-state index in [-0.39, 0.29) is 25.3 Å². The van der Waals surface area contributed by atoms with E-state index in [0.29, 0.717) is 22.6 Å². The SMILES string of the molecule is COCc1cccc(C(=O)NCCN(CC(F)(F)F)C(=O)c2cccc(COC)c2)c1. The van der Waals surface area contributed by atoms with Crippen molar-refractivity contribution in [1.29, 1.82) is 0 Å². The third-order valence-electron chi connectivity index (χ3n) is 4.31. The molecule has 0 saturated carbocycles. The van der Waals surface area contributed by atoms with E-state index in [0.717, 1.165) is 5.56 Å². The zero-order chi connectivity index (χ0) is 22.9. The molecule has 0 spiro atoms. The van der Waals surface area contributed by atoms with Crippen molar-refractivity contribution in [2.75, 3.05) is 33.9 Å². The van der Waals surface area contributed by atoms with Crippen molar-refractivity contribution in [2.45, 2.75) is 19.4 Å². The molecule has 6 nitrogen and oxygen atoms in total. The number of nitrogens with zero attached hydrogens (tertiary/aromatic N) is 1. The Kier molecular flexibility index (Phi) is 9.02. The molecule has 0 radical (unpaired) electrons. The number of hydrogen-bond acceptors (Lipinski definition) is 4. The van der Waals surface area contributed by atoms with E-state index in [4.69, 9.17) is 9.47 Å². The summed E-state index contributed by atoms with van der Waals surface area (Å²) in [7, 11) is 3.02. The van der Waals surface area contributed by atoms with Gasteiger partial charge in [-0.3, -0.25) is 9.59 Å². The van der Waals surface area contributed by atoms with E-state index in [1.165, 1.54) is 26.4 Å². The van der Waals surface area contributed by atoms with Gasteiger partial charge in [0.15, 0.2) is 0 Å². The Morgan fingerprint density at radius 3 is 2.03 bits per heavy atom. The van der Waals surface area contributed by atoms with Gasteiger partial charge >= 0.3 is 6.18 Å². The standard InChI is InChI=1S/C22H25F3N2O4/c1-30-13-16-5-3-7-18(11-16)20(28)26-9-10-27(15-22(23,24)25)21(29)19-8-4-6-17(12-19)14-31-2/h3-8,11-12H,9-10,13-15H2,1-2H3,(H,26,28). The highest BCUT2D eigenvalue weighted by Gasteiger charge is 2.33. The second-order valence-corrected chi connectivity index (χ2v) is 6.86. The summed E-state index contributed by atoms with van der Waals surface area (Å²) in [4.78, 5) is 25.7. The highest BCUT2D eigenvalue weighted by atomic mass is 19.4. The maximum absolute atomic E-state index is 13.0. The molecule has 1 N–H and O–H groups in total. The average molecular weight is 438 g/mol. The number of halogens is 3. The molecule has 0 aromatic heterocycles. The molecule has 2 amide bonds. The van der Waals surface area contributed by atoms with E-state index < -0.39 is 24.5 Å². The van der Waals surface area contributed by atoms with E-state index in [1.54, 1.807) is 36.4 Å². The van der Waals surface area contributed by atoms with Crippen LogP contribution in [0.2, 0.25) is 0 Å². The van der Waals surface area contributed by atoms with E-state index in [2.05, 4.69) is 5.32 Å². The van der Waals surface area contributed by atoms with Crippen LogP contribution >= 0.6 is 0 Å². The quantitative estimate of drug-likeness (QED) is 0.617. The lowest BCUT2D eigenvalue weighted by atomic mass is 10.1. The second kappa shape index (κ2) is 11.5. The number of alkyl halides is 3. The summed E-state index contributed by atoms with van der Waals surface area (Å²) in [5.74, 6) is -1.22. The van der Waals surface area contributed by atoms with Crippen LogP contribution in [-0.2, 0) is 22.7 Å². The van der Waals surface area contributed by atoms with Gasteiger partial charge in [-0.15, -0.1) is 0 Å². The maximum Gasteiger partial charge on any atom is 0.406 e. The highest BCUT2D eigenvalue weighted by Crippen LogP contribution is 2.18. The van der Waals surface area contributed by atoms with Crippen LogP contribution in [0.5, 0.6) is 0 Å². The number of nitrogens with one attached hydrogen (secondary N) is 1. The van der Waals surface area contributed by atoms with Gasteiger partial charge < -0.3 is 19.7 Å². The summed E-state index contributed by atoms with van der Waals surface area (Å²) in [6.07, 6.45) is -4.57. The molecule has 0 aliphatic rings. The zero-order valence-electron chi connectivity index (χ0n) is 17.4. The Balaban J connectivity index is 2.05. The van der Waals surface area contributed by atoms with Crippen LogP contribution in [0, 0.1) is 0 Å². The first-order valence-electron chi connectivity index (χ1n) is 9.53. The van der Waals surface area contributed by atoms with Crippen molar-refractivity contribution in [1.82, 2.24) is 10.2 Å². The third kappa shape index (κ3) is 8.03. The third-order valence-corrected chi connectivity index (χ3v) is 4.31. The van der Waals surface area contributed by atoms with Gasteiger partial charge in [0, 0.05) is 38.4 Å². The van der Waals surface area contributed by atoms with Crippen molar-refractivity contribution in [2.24, 2.45) is 0 Å². The molecule has 0 saturated heterocycles. The van der Waals surface area contributed by atoms with Gasteiger partial charge in [0.1, 0.15) is 6.54 Å². The van der Waals surface area contributed by atoms with Gasteiger partial charge in [0.05, 0.1) is 13.2 Å². The van der Waals surface area contributed by atoms with Crippen molar-refractivity contribution in [3.05, 3.63) is 70.8 Å². The summed E-state index contributed by atoms with van der Waals surface area (Å²) in [5.41, 5.74) is 1.94. The number of carbonyl (C=O) groups is 2. The minimum atomic E-state index is -4.57. The smallest absolute Gasteiger partial charge is 0.380 e. The Morgan fingerprint density at radius 2 is 1.48 bits per heavy atom. The fourth-order valence-electron chi connectivity index (χ4n) is 2.99. The normalized spacial score (nSPS) is 11.3. The Hall–Kier alpha value is -2.91. The summed E-state index contributed by atoms with van der Waals surface area (Å²) >= 11 is 0. The van der Waals surface area contributed by atoms with Crippen LogP contribution in [0.3, 0.4) is 0 Å². The Morgan fingerprint density at radius 1 is 0.935 bits per heavy atom. The predicted octanol–water partition coefficient (Wildman–Crippen LogP) is 3.41. The van der Waals surface area contributed by atoms with Crippen molar-refractivity contribution < 1.29 is 32.2 Å². The molecule has 0 atom stereocenters. The lowest BCUT2D eigenvalue weighted by Crippen LogP contribution is -2.43. The highest BCUT2D eigenvalue weighted by molar-refractivity contribution is 5.95. The van der Waals surface area contributed by atoms with E-state index >= 15 is 0 Å². The van der Waals surface area contributed by atoms with Gasteiger partial charge in [0.25, 0.3) is 11.8 Å². The number of carbonyl (C=O) groups excluding carboxylic acids is 2. The summed E-state index contributed by atoms with van der Waals surface area (Å²) in [5, 5.41) is 2.56. The van der Waals surface area contributed by atoms with Crippen LogP contribution in [-0.4, -0.2) is 56.7 Å². The number of hydrogen-bond donors (Lipinski definition) is 1. The molecule has 0 bridgehead atoms. The van der Waals surface area contributed by atoms with Crippen LogP contribution in [0.1, 0.15) is 31.8 Å². The Bertz CT molecular complexity index is 887. The molecule has 0 heterocycles. The fourth-order valence-corrected chi connectivity index (χ4v) is 2.99. The van der Waals surface area contributed by atoms with Crippen molar-refractivity contribution >= 4 is 11.8 Å². The van der Waals surface area contributed by atoms with Gasteiger partial charge in [-0.1, -0.05) is 24.3 Å². The summed E-state index contributed by atoms with van der Waals surface area (Å²) < 4.78 is 49.1. The number of methoxy groups -OCH3 is 2. The van der Waals surface area contributed by atoms with Crippen LogP contribution < -0.4 is 5.32 Å². The topological polar surface area (TPSA) is 67.9 Å². The predicted molar refractivity (Wildman–Crippen MR) is 109 cm³/mol. The van der Waals surface area contributed by atoms with Gasteiger partial charge in [-0.05, 0) is 35.4 Å². The second-order valence-electron chi connectivity index (χ2n) is 6.86. The minimum Gasteiger partial charge on any atom is -0.380 e. The molecule has 2 aromatic carbocycles. The zero-order valence-corrected chi connectivity index (χ0v) is 17.4. The fraction of sp³-hybridized carbons (Fsp3) is 0.364. The van der Waals surface area contributed by atoms with Gasteiger partial charge in [0.2, 0.25) is 0 Å². The van der Waals surface area contributed by atoms with Crippen molar-refractivity contribution in [3.8, 4) is 0 Å². The van der Waals surface area contributed by atoms with Crippen molar-refractivity contribution in [3.63, 3.8) is 0 Å². The number of benzene rings is 2. The molecule has 9 heteroatoms. The largest absolute Gasteiger partial charge is 0.406 e. The molecule has 2 aromatic rings. The molecule has 0 aliphatic carbocycles. The lowest BCUT2D eigenvalue weighted by molar-refractivity contribution is -0.140. The molecule has 31 heavy (non-hydrogen) atoms. The van der Waals surface area contributed by atoms with Gasteiger partial charge in [-0.2, -0.15) is 13.2 Å². The first-order valence-corrected chi connectivity index (χ1v) is 9.53. The average Bonchev–Trinajstić information content (AvgIpc) is 2.72. The molecular weight excluding hydrogens is 413 g/mol. The number of ether oxygens (including phenoxy) is 2. The number of amides is 2. The first-order chi connectivity index (χ1) is 14.7. The van der Waals surface area contributed by atoms with Crippen LogP contribution in [0.25, 0.3) is 0 Å². The van der Waals surface area contributed by atoms with E-state index in [9.17, 15) is 22.8 Å². The molecule has 0 unspecified atom stereocenters. The first kappa shape index (κ1) is 24.4. The monoisotopic (exact) mass is 438 g/mol. The summed E-state index contributed by atoms with van der Waals surface area (Å²) in [6.45, 7) is -1.28. The lowest BCUT2D eigenvalue weighted by Gasteiger charge is -2.24. The molecule has 0 aliphatic heterocycles. The molecular formula is C22H25F3N2O4. The van der Waals surface area contributed by atoms with Crippen LogP contribution in [0.4, 0.5) is 13.2 Å². The Labute approximate surface area is 178 Å². The summed E-state index contributed by atoms with van der Waals surface area (Å²) in [6, 6.07) is 13.0. The van der Waals surface area contributed by atoms with Gasteiger partial charge in [-0.25, -0.2) is 0 Å². The van der Waals surface area contributed by atoms with E-state index in [1.807, 2.05) is 0 Å². The maximum atomic E-state index is 13.0. The minimum absolute atomic E-state index is 0.123. The molecule has 0 fully saturated rings. The molecule has 168 valence electrons. The number of rotatable bonds is 10. The molecule has 2 rings (SSSR count). The van der Waals surface area contributed by atoms with Crippen LogP contribution in [0.15, 0.2) is 48.5 Å².